The van der Waals surface area contributed by atoms with Gasteiger partial charge in [-0.05, 0) is 63.4 Å². The van der Waals surface area contributed by atoms with Crippen LogP contribution < -0.4 is 10.6 Å². The molecule has 10 heteroatoms. The lowest BCUT2D eigenvalue weighted by atomic mass is 9.84. The highest BCUT2D eigenvalue weighted by molar-refractivity contribution is 6.06. The summed E-state index contributed by atoms with van der Waals surface area (Å²) < 4.78 is 1.57. The van der Waals surface area contributed by atoms with Crippen molar-refractivity contribution in [2.45, 2.75) is 66.1 Å². The van der Waals surface area contributed by atoms with Crippen LogP contribution in [0.1, 0.15) is 56.8 Å². The smallest absolute Gasteiger partial charge is 0.245 e. The first-order valence-electron chi connectivity index (χ1n) is 13.1. The van der Waals surface area contributed by atoms with Crippen LogP contribution in [-0.4, -0.2) is 74.5 Å². The molecule has 2 atom stereocenters. The van der Waals surface area contributed by atoms with Crippen LogP contribution in [0.4, 0.5) is 0 Å². The molecule has 1 aliphatic rings. The molecule has 0 spiro atoms. The number of hydrogen-bond acceptors (Lipinski definition) is 7. The van der Waals surface area contributed by atoms with Crippen molar-refractivity contribution >= 4 is 28.5 Å². The van der Waals surface area contributed by atoms with Crippen molar-refractivity contribution in [2.24, 2.45) is 5.41 Å². The van der Waals surface area contributed by atoms with Crippen molar-refractivity contribution in [1.82, 2.24) is 35.3 Å². The number of amides is 2. The Morgan fingerprint density at radius 3 is 2.47 bits per heavy atom. The summed E-state index contributed by atoms with van der Waals surface area (Å²) in [7, 11) is 1.87. The predicted molar refractivity (Wildman–Crippen MR) is 146 cm³/mol. The van der Waals surface area contributed by atoms with Gasteiger partial charge in [0.1, 0.15) is 24.1 Å². The van der Waals surface area contributed by atoms with Crippen LogP contribution in [0.3, 0.4) is 0 Å². The van der Waals surface area contributed by atoms with Gasteiger partial charge in [0.15, 0.2) is 5.78 Å². The largest absolute Gasteiger partial charge is 0.354 e. The standard InChI is InChI=1S/C28H37N7O3/c1-17(36)26-22-12-20(21-14-31-19(3)32-15-21)8-9-23(22)34(33-26)16-25(37)35-18(2)28(4,5)13-24(35)27(38)30-11-7-10-29-6/h8-9,12,14-15,18,24,29H,7,10-11,13,16H2,1-6H3,(H,30,38)/t18-,24+/m1/s1. The number of aromatic nitrogens is 4. The number of benzene rings is 1. The Kier molecular flexibility index (Phi) is 7.91. The van der Waals surface area contributed by atoms with Crippen molar-refractivity contribution in [3.05, 3.63) is 42.1 Å². The maximum absolute atomic E-state index is 13.7. The maximum Gasteiger partial charge on any atom is 0.245 e. The molecule has 0 radical (unpaired) electrons. The van der Waals surface area contributed by atoms with Gasteiger partial charge in [-0.3, -0.25) is 19.1 Å². The van der Waals surface area contributed by atoms with Crippen molar-refractivity contribution in [3.8, 4) is 11.1 Å². The normalized spacial score (nSPS) is 18.6. The van der Waals surface area contributed by atoms with Crippen LogP contribution in [0.2, 0.25) is 0 Å². The summed E-state index contributed by atoms with van der Waals surface area (Å²) in [6, 6.07) is 4.97. The fourth-order valence-corrected chi connectivity index (χ4v) is 5.11. The fraction of sp³-hybridized carbons (Fsp3) is 0.500. The fourth-order valence-electron chi connectivity index (χ4n) is 5.11. The zero-order valence-electron chi connectivity index (χ0n) is 23.0. The third kappa shape index (κ3) is 5.45. The second-order valence-electron chi connectivity index (χ2n) is 10.7. The molecule has 4 rings (SSSR count). The minimum atomic E-state index is -0.552. The Balaban J connectivity index is 1.62. The first-order chi connectivity index (χ1) is 18.0. The topological polar surface area (TPSA) is 122 Å². The number of hydrogen-bond donors (Lipinski definition) is 2. The lowest BCUT2D eigenvalue weighted by Crippen LogP contribution is -2.50. The average molecular weight is 520 g/mol. The minimum absolute atomic E-state index is 0.0687. The number of carbonyl (C=O) groups excluding carboxylic acids is 3. The van der Waals surface area contributed by atoms with Crippen LogP contribution in [-0.2, 0) is 16.1 Å². The highest BCUT2D eigenvalue weighted by Crippen LogP contribution is 2.40. The van der Waals surface area contributed by atoms with Gasteiger partial charge < -0.3 is 15.5 Å². The highest BCUT2D eigenvalue weighted by atomic mass is 16.2. The van der Waals surface area contributed by atoms with Crippen LogP contribution in [0.5, 0.6) is 0 Å². The Hall–Kier alpha value is -3.66. The number of aryl methyl sites for hydroxylation is 1. The molecule has 38 heavy (non-hydrogen) atoms. The Morgan fingerprint density at radius 1 is 1.11 bits per heavy atom. The number of ketones is 1. The molecule has 2 N–H and O–H groups in total. The molecule has 2 amide bonds. The Labute approximate surface area is 223 Å². The third-order valence-electron chi connectivity index (χ3n) is 7.58. The SMILES string of the molecule is CNCCCNC(=O)[C@@H]1CC(C)(C)[C@@H](C)N1C(=O)Cn1nc(C(C)=O)c2cc(-c3cnc(C)nc3)ccc21. The summed E-state index contributed by atoms with van der Waals surface area (Å²) >= 11 is 0. The minimum Gasteiger partial charge on any atom is -0.354 e. The average Bonchev–Trinajstić information content (AvgIpc) is 3.35. The number of nitrogens with one attached hydrogen (secondary N) is 2. The lowest BCUT2D eigenvalue weighted by Gasteiger charge is -2.31. The number of nitrogens with zero attached hydrogens (tertiary/aromatic N) is 5. The van der Waals surface area contributed by atoms with E-state index >= 15 is 0 Å². The molecule has 1 saturated heterocycles. The summed E-state index contributed by atoms with van der Waals surface area (Å²) in [4.78, 5) is 49.5. The number of Topliss-reactive ketones (excluding diaryl/α,β-unsaturated/α-hetero) is 1. The predicted octanol–water partition coefficient (Wildman–Crippen LogP) is 2.75. The molecule has 0 unspecified atom stereocenters. The van der Waals surface area contributed by atoms with Gasteiger partial charge in [-0.25, -0.2) is 9.97 Å². The molecule has 0 aliphatic carbocycles. The summed E-state index contributed by atoms with van der Waals surface area (Å²) in [6.07, 6.45) is 4.88. The molecule has 1 aromatic carbocycles. The molecule has 0 saturated carbocycles. The van der Waals surface area contributed by atoms with Crippen LogP contribution in [0.25, 0.3) is 22.0 Å². The Bertz CT molecular complexity index is 1350. The highest BCUT2D eigenvalue weighted by Gasteiger charge is 2.49. The van der Waals surface area contributed by atoms with Gasteiger partial charge in [0.25, 0.3) is 0 Å². The van der Waals surface area contributed by atoms with Gasteiger partial charge in [0.2, 0.25) is 11.8 Å². The molecule has 3 heterocycles. The number of fused-ring (bicyclic) bond motifs is 1. The Morgan fingerprint density at radius 2 is 1.82 bits per heavy atom. The first kappa shape index (κ1) is 27.4. The maximum atomic E-state index is 13.7. The van der Waals surface area contributed by atoms with Crippen molar-refractivity contribution in [2.75, 3.05) is 20.1 Å². The first-order valence-corrected chi connectivity index (χ1v) is 13.1. The van der Waals surface area contributed by atoms with E-state index in [1.165, 1.54) is 6.92 Å². The summed E-state index contributed by atoms with van der Waals surface area (Å²) in [5.74, 6) is 0.156. The monoisotopic (exact) mass is 519 g/mol. The van der Waals surface area contributed by atoms with E-state index < -0.39 is 6.04 Å². The zero-order chi connectivity index (χ0) is 27.6. The van der Waals surface area contributed by atoms with Gasteiger partial charge in [-0.1, -0.05) is 19.9 Å². The number of rotatable bonds is 9. The van der Waals surface area contributed by atoms with Crippen molar-refractivity contribution in [1.29, 1.82) is 0 Å². The van der Waals surface area contributed by atoms with Gasteiger partial charge in [0, 0.05) is 42.9 Å². The van der Waals surface area contributed by atoms with E-state index in [4.69, 9.17) is 0 Å². The molecule has 3 aromatic rings. The summed E-state index contributed by atoms with van der Waals surface area (Å²) in [5.41, 5.74) is 2.45. The van der Waals surface area contributed by atoms with Gasteiger partial charge in [-0.2, -0.15) is 5.10 Å². The van der Waals surface area contributed by atoms with Gasteiger partial charge >= 0.3 is 0 Å². The molecule has 202 valence electrons. The van der Waals surface area contributed by atoms with E-state index in [2.05, 4.69) is 39.5 Å². The molecule has 0 bridgehead atoms. The molecule has 1 aliphatic heterocycles. The number of likely N-dealkylation sites (tertiary alicyclic amines) is 1. The second kappa shape index (κ2) is 11.0. The van der Waals surface area contributed by atoms with E-state index in [-0.39, 0.29) is 35.6 Å². The van der Waals surface area contributed by atoms with Crippen LogP contribution >= 0.6 is 0 Å². The summed E-state index contributed by atoms with van der Waals surface area (Å²) in [6.45, 7) is 10.7. The molecular weight excluding hydrogens is 482 g/mol. The number of carbonyl (C=O) groups is 3. The van der Waals surface area contributed by atoms with Gasteiger partial charge in [0.05, 0.1) is 5.52 Å². The van der Waals surface area contributed by atoms with E-state index in [0.29, 0.717) is 35.4 Å². The van der Waals surface area contributed by atoms with E-state index in [0.717, 1.165) is 24.1 Å². The van der Waals surface area contributed by atoms with E-state index in [1.807, 2.05) is 39.1 Å². The van der Waals surface area contributed by atoms with Crippen LogP contribution in [0.15, 0.2) is 30.6 Å². The van der Waals surface area contributed by atoms with Crippen molar-refractivity contribution < 1.29 is 14.4 Å². The second-order valence-corrected chi connectivity index (χ2v) is 10.7. The van der Waals surface area contributed by atoms with Gasteiger partial charge in [-0.15, -0.1) is 0 Å². The van der Waals surface area contributed by atoms with E-state index in [1.54, 1.807) is 22.0 Å². The lowest BCUT2D eigenvalue weighted by molar-refractivity contribution is -0.141. The third-order valence-corrected chi connectivity index (χ3v) is 7.58. The molecule has 1 fully saturated rings. The zero-order valence-corrected chi connectivity index (χ0v) is 23.0. The van der Waals surface area contributed by atoms with Crippen LogP contribution in [0, 0.1) is 12.3 Å². The van der Waals surface area contributed by atoms with E-state index in [9.17, 15) is 14.4 Å². The quantitative estimate of drug-likeness (QED) is 0.329. The van der Waals surface area contributed by atoms with Crippen molar-refractivity contribution in [3.63, 3.8) is 0 Å². The molecular formula is C28H37N7O3. The molecule has 2 aromatic heterocycles. The molecule has 10 nitrogen and oxygen atoms in total. The summed E-state index contributed by atoms with van der Waals surface area (Å²) in [5, 5.41) is 11.3.